The molecule has 0 saturated carbocycles. The Hall–Kier alpha value is -3.94. The zero-order chi connectivity index (χ0) is 22.7. The Morgan fingerprint density at radius 1 is 0.548 bits per heavy atom. The maximum atomic E-state index is 10.4. The topological polar surface area (TPSA) is 152 Å². The van der Waals surface area contributed by atoms with E-state index in [1.54, 1.807) is 42.5 Å². The Morgan fingerprint density at radius 2 is 0.839 bits per heavy atom. The Bertz CT molecular complexity index is 901. The van der Waals surface area contributed by atoms with Crippen LogP contribution in [0.25, 0.3) is 0 Å². The monoisotopic (exact) mass is 467 g/mol. The molecule has 0 aromatic heterocycles. The molecule has 0 aliphatic rings. The minimum atomic E-state index is -1.11. The van der Waals surface area contributed by atoms with Gasteiger partial charge in [0.1, 0.15) is 22.6 Å². The molecule has 0 radical (unpaired) electrons. The van der Waals surface area contributed by atoms with Crippen molar-refractivity contribution in [3.8, 4) is 11.5 Å². The molecular weight excluding hydrogens is 448 g/mol. The van der Waals surface area contributed by atoms with Gasteiger partial charge in [-0.05, 0) is 29.8 Å². The second-order valence-corrected chi connectivity index (χ2v) is 5.61. The van der Waals surface area contributed by atoms with Crippen LogP contribution < -0.4 is 0 Å². The van der Waals surface area contributed by atoms with Crippen molar-refractivity contribution in [2.24, 2.45) is 0 Å². The fourth-order valence-corrected chi connectivity index (χ4v) is 2.04. The third kappa shape index (κ3) is 8.95. The maximum Gasteiger partial charge on any atom is 0.339 e. The largest absolute Gasteiger partial charge is 0.507 e. The predicted octanol–water partition coefficient (Wildman–Crippen LogP) is 3.75. The Balaban J connectivity index is 0.000000429. The molecular formula is C22H19FeO8-. The number of carboxylic acids is 3. The molecule has 8 nitrogen and oxygen atoms in total. The Labute approximate surface area is 188 Å². The molecule has 0 aliphatic carbocycles. The second-order valence-electron chi connectivity index (χ2n) is 5.61. The summed E-state index contributed by atoms with van der Waals surface area (Å²) in [6.07, 6.45) is 0. The van der Waals surface area contributed by atoms with E-state index < -0.39 is 17.9 Å². The van der Waals surface area contributed by atoms with Gasteiger partial charge < -0.3 is 25.5 Å². The standard InChI is InChI=1S/C8H7O2.2C7H6O3.Fe/c1-6-4-2-3-5-7(6)8(9)10;2*8-6-4-2-1-3-5(6)7(9)10;/h2-5H,1H2,(H,9,10);2*1-4,8H,(H,9,10);/q-1;;;. The van der Waals surface area contributed by atoms with Crippen molar-refractivity contribution in [1.82, 2.24) is 0 Å². The molecule has 0 amide bonds. The average Bonchev–Trinajstić information content (AvgIpc) is 2.69. The first-order valence-electron chi connectivity index (χ1n) is 8.32. The minimum Gasteiger partial charge on any atom is -0.507 e. The number of hydrogen-bond donors (Lipinski definition) is 5. The van der Waals surface area contributed by atoms with E-state index in [2.05, 4.69) is 6.92 Å². The van der Waals surface area contributed by atoms with E-state index in [1.165, 1.54) is 30.3 Å². The summed E-state index contributed by atoms with van der Waals surface area (Å²) >= 11 is 0. The summed E-state index contributed by atoms with van der Waals surface area (Å²) in [6.45, 7) is 3.56. The first-order valence-corrected chi connectivity index (χ1v) is 8.32. The van der Waals surface area contributed by atoms with Crippen LogP contribution in [0.4, 0.5) is 0 Å². The van der Waals surface area contributed by atoms with E-state index >= 15 is 0 Å². The molecule has 0 spiro atoms. The molecule has 31 heavy (non-hydrogen) atoms. The molecule has 164 valence electrons. The number of aromatic carboxylic acids is 3. The van der Waals surface area contributed by atoms with Crippen LogP contribution in [0, 0.1) is 6.92 Å². The number of hydrogen-bond acceptors (Lipinski definition) is 5. The number of aromatic hydroxyl groups is 2. The third-order valence-electron chi connectivity index (χ3n) is 3.52. The van der Waals surface area contributed by atoms with E-state index in [0.29, 0.717) is 5.56 Å². The van der Waals surface area contributed by atoms with Gasteiger partial charge in [0, 0.05) is 17.1 Å². The molecule has 0 aliphatic heterocycles. The molecule has 0 unspecified atom stereocenters. The molecule has 0 bridgehead atoms. The van der Waals surface area contributed by atoms with Crippen LogP contribution in [0.5, 0.6) is 11.5 Å². The molecule has 0 saturated heterocycles. The van der Waals surface area contributed by atoms with Gasteiger partial charge in [0.25, 0.3) is 5.97 Å². The van der Waals surface area contributed by atoms with Crippen LogP contribution in [-0.4, -0.2) is 43.4 Å². The van der Waals surface area contributed by atoms with Crippen LogP contribution in [0.2, 0.25) is 0 Å². The van der Waals surface area contributed by atoms with Crippen molar-refractivity contribution in [3.05, 3.63) is 102 Å². The summed E-state index contributed by atoms with van der Waals surface area (Å²) in [5.74, 6) is -3.55. The minimum absolute atomic E-state index is 0. The van der Waals surface area contributed by atoms with Gasteiger partial charge in [0.15, 0.2) is 0 Å². The van der Waals surface area contributed by atoms with Gasteiger partial charge in [-0.3, -0.25) is 4.79 Å². The van der Waals surface area contributed by atoms with E-state index in [0.717, 1.165) is 0 Å². The molecule has 0 atom stereocenters. The number of carboxylic acid groups (broad SMARTS) is 3. The molecule has 5 N–H and O–H groups in total. The quantitative estimate of drug-likeness (QED) is 0.289. The first-order chi connectivity index (χ1) is 14.1. The smallest absolute Gasteiger partial charge is 0.339 e. The summed E-state index contributed by atoms with van der Waals surface area (Å²) < 4.78 is 0. The second kappa shape index (κ2) is 13.3. The fraction of sp³-hybridized carbons (Fsp3) is 0. The molecule has 0 fully saturated rings. The zero-order valence-electron chi connectivity index (χ0n) is 15.9. The molecule has 0 heterocycles. The van der Waals surface area contributed by atoms with Crippen molar-refractivity contribution < 1.29 is 57.0 Å². The van der Waals surface area contributed by atoms with Gasteiger partial charge in [-0.2, -0.15) is 18.6 Å². The zero-order valence-corrected chi connectivity index (χ0v) is 17.1. The van der Waals surface area contributed by atoms with Crippen LogP contribution in [0.15, 0.2) is 72.8 Å². The van der Waals surface area contributed by atoms with E-state index in [-0.39, 0.29) is 45.3 Å². The van der Waals surface area contributed by atoms with E-state index in [1.807, 2.05) is 0 Å². The van der Waals surface area contributed by atoms with Crippen molar-refractivity contribution in [2.75, 3.05) is 0 Å². The number of para-hydroxylation sites is 2. The van der Waals surface area contributed by atoms with Crippen molar-refractivity contribution in [2.45, 2.75) is 0 Å². The number of benzene rings is 3. The van der Waals surface area contributed by atoms with E-state index in [4.69, 9.17) is 25.5 Å². The van der Waals surface area contributed by atoms with Crippen molar-refractivity contribution in [1.29, 1.82) is 0 Å². The predicted molar refractivity (Wildman–Crippen MR) is 108 cm³/mol. The molecule has 3 rings (SSSR count). The van der Waals surface area contributed by atoms with Gasteiger partial charge in [0.2, 0.25) is 0 Å². The van der Waals surface area contributed by atoms with Gasteiger partial charge in [-0.1, -0.05) is 30.3 Å². The van der Waals surface area contributed by atoms with Crippen LogP contribution in [0.3, 0.4) is 0 Å². The number of phenols is 2. The normalized spacial score (nSPS) is 8.90. The SMILES string of the molecule is O=C(O)c1ccccc1O.O=C(O)c1ccccc1O.[CH2-]c1ccccc1C(=O)O.[Fe]. The maximum absolute atomic E-state index is 10.4. The summed E-state index contributed by atoms with van der Waals surface area (Å²) in [6, 6.07) is 18.3. The van der Waals surface area contributed by atoms with Crippen LogP contribution >= 0.6 is 0 Å². The number of rotatable bonds is 3. The fourth-order valence-electron chi connectivity index (χ4n) is 2.04. The average molecular weight is 467 g/mol. The van der Waals surface area contributed by atoms with E-state index in [9.17, 15) is 14.4 Å². The van der Waals surface area contributed by atoms with Gasteiger partial charge >= 0.3 is 11.9 Å². The summed E-state index contributed by atoms with van der Waals surface area (Å²) in [5.41, 5.74) is 0.683. The third-order valence-corrected chi connectivity index (χ3v) is 3.52. The summed E-state index contributed by atoms with van der Waals surface area (Å²) in [4.78, 5) is 30.9. The number of carbonyl (C=O) groups is 3. The Morgan fingerprint density at radius 3 is 1.06 bits per heavy atom. The first kappa shape index (κ1) is 27.1. The molecule has 9 heteroatoms. The molecule has 3 aromatic carbocycles. The van der Waals surface area contributed by atoms with Crippen LogP contribution in [0.1, 0.15) is 36.6 Å². The molecule has 3 aromatic rings. The van der Waals surface area contributed by atoms with Gasteiger partial charge in [0.05, 0.1) is 0 Å². The van der Waals surface area contributed by atoms with Crippen LogP contribution in [-0.2, 0) is 17.1 Å². The Kier molecular flexibility index (Phi) is 11.6. The van der Waals surface area contributed by atoms with Gasteiger partial charge in [-0.25, -0.2) is 9.59 Å². The summed E-state index contributed by atoms with van der Waals surface area (Å²) in [5, 5.41) is 43.1. The van der Waals surface area contributed by atoms with Crippen molar-refractivity contribution in [3.63, 3.8) is 0 Å². The summed E-state index contributed by atoms with van der Waals surface area (Å²) in [7, 11) is 0. The van der Waals surface area contributed by atoms with Crippen molar-refractivity contribution >= 4 is 17.9 Å². The van der Waals surface area contributed by atoms with Gasteiger partial charge in [-0.15, -0.1) is 12.1 Å².